The molecule has 0 unspecified atom stereocenters. The van der Waals surface area contributed by atoms with Gasteiger partial charge in [-0.25, -0.2) is 0 Å². The van der Waals surface area contributed by atoms with Gasteiger partial charge in [0, 0.05) is 37.9 Å². The van der Waals surface area contributed by atoms with Gasteiger partial charge < -0.3 is 14.5 Å². The molecule has 7 nitrogen and oxygen atoms in total. The van der Waals surface area contributed by atoms with E-state index in [9.17, 15) is 14.4 Å². The molecule has 1 aliphatic heterocycles. The molecule has 1 aliphatic rings. The maximum atomic E-state index is 12.6. The molecule has 1 heterocycles. The first-order valence-corrected chi connectivity index (χ1v) is 8.80. The van der Waals surface area contributed by atoms with Crippen LogP contribution in [0.3, 0.4) is 0 Å². The number of carbonyl (C=O) groups is 3. The zero-order valence-corrected chi connectivity index (χ0v) is 16.1. The maximum absolute atomic E-state index is 12.6. The van der Waals surface area contributed by atoms with Gasteiger partial charge >= 0.3 is 0 Å². The highest BCUT2D eigenvalue weighted by atomic mass is 35.5. The number of amides is 3. The molecule has 1 fully saturated rings. The van der Waals surface area contributed by atoms with E-state index in [0.29, 0.717) is 30.3 Å². The van der Waals surface area contributed by atoms with E-state index in [0.717, 1.165) is 5.56 Å². The molecule has 1 saturated heterocycles. The molecule has 142 valence electrons. The van der Waals surface area contributed by atoms with E-state index in [1.165, 1.54) is 16.7 Å². The average Bonchev–Trinajstić information content (AvgIpc) is 2.98. The van der Waals surface area contributed by atoms with Gasteiger partial charge in [0.05, 0.1) is 6.54 Å². The Bertz CT molecular complexity index is 695. The van der Waals surface area contributed by atoms with Crippen LogP contribution in [0.5, 0.6) is 0 Å². The van der Waals surface area contributed by atoms with Crippen LogP contribution in [0.2, 0.25) is 5.02 Å². The van der Waals surface area contributed by atoms with Gasteiger partial charge in [0.2, 0.25) is 17.7 Å². The second-order valence-corrected chi connectivity index (χ2v) is 6.63. The Morgan fingerprint density at radius 1 is 1.35 bits per heavy atom. The second kappa shape index (κ2) is 9.00. The standard InChI is InChI=1S/C18H24ClN3O4/c1-13-15(19)6-4-7-16(13)22-12-21(11-18(22)25)17(24)10-20(14(2)23)8-5-9-26-3/h4,6-7H,5,8-12H2,1-3H3. The van der Waals surface area contributed by atoms with Crippen LogP contribution in [-0.4, -0.2) is 67.5 Å². The summed E-state index contributed by atoms with van der Waals surface area (Å²) >= 11 is 6.13. The van der Waals surface area contributed by atoms with Crippen molar-refractivity contribution in [1.29, 1.82) is 0 Å². The third kappa shape index (κ3) is 4.74. The van der Waals surface area contributed by atoms with E-state index in [1.54, 1.807) is 30.2 Å². The van der Waals surface area contributed by atoms with Gasteiger partial charge in [-0.05, 0) is 31.0 Å². The van der Waals surface area contributed by atoms with Crippen molar-refractivity contribution < 1.29 is 19.1 Å². The first-order chi connectivity index (χ1) is 12.3. The Labute approximate surface area is 158 Å². The molecule has 0 saturated carbocycles. The summed E-state index contributed by atoms with van der Waals surface area (Å²) in [6, 6.07) is 5.34. The van der Waals surface area contributed by atoms with Crippen LogP contribution in [0, 0.1) is 6.92 Å². The molecule has 0 aromatic heterocycles. The Kier molecular flexibility index (Phi) is 6.99. The predicted octanol–water partition coefficient (Wildman–Crippen LogP) is 1.67. The highest BCUT2D eigenvalue weighted by Crippen LogP contribution is 2.28. The van der Waals surface area contributed by atoms with Crippen molar-refractivity contribution in [2.75, 3.05) is 44.9 Å². The molecule has 0 atom stereocenters. The molecule has 0 aliphatic carbocycles. The topological polar surface area (TPSA) is 70.2 Å². The summed E-state index contributed by atoms with van der Waals surface area (Å²) in [5.41, 5.74) is 1.49. The molecule has 2 rings (SSSR count). The van der Waals surface area contributed by atoms with Gasteiger partial charge in [0.25, 0.3) is 0 Å². The lowest BCUT2D eigenvalue weighted by Crippen LogP contribution is -2.42. The van der Waals surface area contributed by atoms with E-state index in [-0.39, 0.29) is 37.5 Å². The lowest BCUT2D eigenvalue weighted by molar-refractivity contribution is -0.139. The summed E-state index contributed by atoms with van der Waals surface area (Å²) in [6.45, 7) is 4.32. The van der Waals surface area contributed by atoms with Crippen molar-refractivity contribution in [3.05, 3.63) is 28.8 Å². The Morgan fingerprint density at radius 2 is 2.08 bits per heavy atom. The first kappa shape index (κ1) is 20.2. The van der Waals surface area contributed by atoms with E-state index in [1.807, 2.05) is 6.92 Å². The Balaban J connectivity index is 2.03. The highest BCUT2D eigenvalue weighted by Gasteiger charge is 2.33. The molecule has 8 heteroatoms. The van der Waals surface area contributed by atoms with E-state index < -0.39 is 0 Å². The molecule has 0 bridgehead atoms. The van der Waals surface area contributed by atoms with Crippen LogP contribution in [0.25, 0.3) is 0 Å². The molecule has 0 spiro atoms. The quantitative estimate of drug-likeness (QED) is 0.673. The number of halogens is 1. The SMILES string of the molecule is COCCCN(CC(=O)N1CC(=O)N(c2cccc(Cl)c2C)C1)C(C)=O. The first-order valence-electron chi connectivity index (χ1n) is 8.42. The molecule has 0 radical (unpaired) electrons. The third-order valence-electron chi connectivity index (χ3n) is 4.37. The van der Waals surface area contributed by atoms with Gasteiger partial charge in [-0.15, -0.1) is 0 Å². The van der Waals surface area contributed by atoms with Crippen LogP contribution in [0.15, 0.2) is 18.2 Å². The van der Waals surface area contributed by atoms with E-state index in [2.05, 4.69) is 0 Å². The van der Waals surface area contributed by atoms with E-state index in [4.69, 9.17) is 16.3 Å². The van der Waals surface area contributed by atoms with Gasteiger partial charge in [-0.1, -0.05) is 17.7 Å². The fourth-order valence-corrected chi connectivity index (χ4v) is 2.99. The largest absolute Gasteiger partial charge is 0.385 e. The lowest BCUT2D eigenvalue weighted by atomic mass is 10.2. The number of carbonyl (C=O) groups excluding carboxylic acids is 3. The van der Waals surface area contributed by atoms with Crippen molar-refractivity contribution >= 4 is 35.0 Å². The van der Waals surface area contributed by atoms with Gasteiger partial charge in [-0.2, -0.15) is 0 Å². The minimum absolute atomic E-state index is 0.00535. The van der Waals surface area contributed by atoms with Crippen LogP contribution in [-0.2, 0) is 19.1 Å². The molecular formula is C18H24ClN3O4. The number of ether oxygens (including phenoxy) is 1. The van der Waals surface area contributed by atoms with Gasteiger partial charge in [0.15, 0.2) is 0 Å². The smallest absolute Gasteiger partial charge is 0.248 e. The van der Waals surface area contributed by atoms with Crippen LogP contribution in [0.4, 0.5) is 5.69 Å². The predicted molar refractivity (Wildman–Crippen MR) is 99.0 cm³/mol. The summed E-state index contributed by atoms with van der Waals surface area (Å²) in [7, 11) is 1.59. The van der Waals surface area contributed by atoms with Crippen LogP contribution >= 0.6 is 11.6 Å². The zero-order chi connectivity index (χ0) is 19.3. The highest BCUT2D eigenvalue weighted by molar-refractivity contribution is 6.31. The third-order valence-corrected chi connectivity index (χ3v) is 4.78. The minimum atomic E-state index is -0.256. The minimum Gasteiger partial charge on any atom is -0.385 e. The Hall–Kier alpha value is -2.12. The van der Waals surface area contributed by atoms with Crippen molar-refractivity contribution in [2.24, 2.45) is 0 Å². The van der Waals surface area contributed by atoms with Crippen molar-refractivity contribution in [3.63, 3.8) is 0 Å². The number of hydrogen-bond donors (Lipinski definition) is 0. The molecule has 1 aromatic carbocycles. The summed E-state index contributed by atoms with van der Waals surface area (Å²) in [6.07, 6.45) is 0.649. The maximum Gasteiger partial charge on any atom is 0.248 e. The monoisotopic (exact) mass is 381 g/mol. The van der Waals surface area contributed by atoms with Crippen molar-refractivity contribution in [2.45, 2.75) is 20.3 Å². The van der Waals surface area contributed by atoms with Crippen LogP contribution in [0.1, 0.15) is 18.9 Å². The fourth-order valence-electron chi connectivity index (χ4n) is 2.83. The number of rotatable bonds is 7. The molecule has 0 N–H and O–H groups in total. The summed E-state index contributed by atoms with van der Waals surface area (Å²) in [4.78, 5) is 41.2. The summed E-state index contributed by atoms with van der Waals surface area (Å²) in [5.74, 6) is -0.604. The van der Waals surface area contributed by atoms with Crippen molar-refractivity contribution in [3.8, 4) is 0 Å². The summed E-state index contributed by atoms with van der Waals surface area (Å²) in [5, 5.41) is 0.570. The average molecular weight is 382 g/mol. The fraction of sp³-hybridized carbons (Fsp3) is 0.500. The second-order valence-electron chi connectivity index (χ2n) is 6.23. The lowest BCUT2D eigenvalue weighted by Gasteiger charge is -2.24. The normalized spacial score (nSPS) is 14.1. The van der Waals surface area contributed by atoms with E-state index >= 15 is 0 Å². The molecule has 3 amide bonds. The molecule has 1 aromatic rings. The number of anilines is 1. The number of nitrogens with zero attached hydrogens (tertiary/aromatic N) is 3. The number of benzene rings is 1. The van der Waals surface area contributed by atoms with Gasteiger partial charge in [0.1, 0.15) is 13.2 Å². The van der Waals surface area contributed by atoms with Gasteiger partial charge in [-0.3, -0.25) is 19.3 Å². The van der Waals surface area contributed by atoms with Crippen LogP contribution < -0.4 is 4.90 Å². The Morgan fingerprint density at radius 3 is 2.73 bits per heavy atom. The molecular weight excluding hydrogens is 358 g/mol. The van der Waals surface area contributed by atoms with Crippen molar-refractivity contribution in [1.82, 2.24) is 9.80 Å². The zero-order valence-electron chi connectivity index (χ0n) is 15.3. The summed E-state index contributed by atoms with van der Waals surface area (Å²) < 4.78 is 4.98. The number of methoxy groups -OCH3 is 1. The number of hydrogen-bond acceptors (Lipinski definition) is 4. The molecule has 26 heavy (non-hydrogen) atoms.